The summed E-state index contributed by atoms with van der Waals surface area (Å²) in [5.41, 5.74) is 5.17. The molecule has 2 N–H and O–H groups in total. The highest BCUT2D eigenvalue weighted by Crippen LogP contribution is 2.37. The molecule has 0 spiro atoms. The summed E-state index contributed by atoms with van der Waals surface area (Å²) in [6.45, 7) is 6.59. The molecule has 0 aliphatic carbocycles. The minimum absolute atomic E-state index is 0.110. The molecule has 1 aromatic heterocycles. The first-order valence-electron chi connectivity index (χ1n) is 11.1. The van der Waals surface area contributed by atoms with Crippen LogP contribution in [0.2, 0.25) is 0 Å². The summed E-state index contributed by atoms with van der Waals surface area (Å²) in [5, 5.41) is 1.60. The van der Waals surface area contributed by atoms with E-state index in [1.807, 2.05) is 57.2 Å². The van der Waals surface area contributed by atoms with Crippen LogP contribution in [0.15, 0.2) is 77.7 Å². The van der Waals surface area contributed by atoms with E-state index in [4.69, 9.17) is 15.2 Å². The van der Waals surface area contributed by atoms with Gasteiger partial charge in [0.05, 0.1) is 18.3 Å². The third-order valence-corrected chi connectivity index (χ3v) is 9.56. The van der Waals surface area contributed by atoms with Crippen LogP contribution in [-0.4, -0.2) is 36.7 Å². The maximum atomic E-state index is 13.1. The third-order valence-electron chi connectivity index (χ3n) is 5.85. The van der Waals surface area contributed by atoms with Crippen molar-refractivity contribution in [1.82, 2.24) is 9.55 Å². The molecule has 2 aromatic carbocycles. The quantitative estimate of drug-likeness (QED) is 0.583. The SMILES string of the molecule is CC(C)(C)OC[C@H]1CCC(n2ccc(N)nc2=O)([SiH](c2ccccc2)c2ccccc2)O1. The van der Waals surface area contributed by atoms with E-state index in [0.29, 0.717) is 13.0 Å². The van der Waals surface area contributed by atoms with Crippen molar-refractivity contribution in [2.75, 3.05) is 12.3 Å². The minimum Gasteiger partial charge on any atom is -0.383 e. The van der Waals surface area contributed by atoms with Gasteiger partial charge in [-0.2, -0.15) is 4.98 Å². The predicted molar refractivity (Wildman–Crippen MR) is 130 cm³/mol. The molecule has 6 nitrogen and oxygen atoms in total. The maximum Gasteiger partial charge on any atom is 0.351 e. The molecule has 7 heteroatoms. The minimum atomic E-state index is -2.11. The molecule has 0 radical (unpaired) electrons. The Morgan fingerprint density at radius 2 is 1.69 bits per heavy atom. The Labute approximate surface area is 190 Å². The van der Waals surface area contributed by atoms with Crippen LogP contribution in [0.3, 0.4) is 0 Å². The van der Waals surface area contributed by atoms with Crippen LogP contribution in [-0.2, 0) is 14.8 Å². The van der Waals surface area contributed by atoms with E-state index >= 15 is 0 Å². The van der Waals surface area contributed by atoms with E-state index in [0.717, 1.165) is 6.42 Å². The Balaban J connectivity index is 1.85. The first-order chi connectivity index (χ1) is 15.3. The molecule has 1 aliphatic heterocycles. The second-order valence-corrected chi connectivity index (χ2v) is 12.4. The van der Waals surface area contributed by atoms with Gasteiger partial charge in [-0.25, -0.2) is 4.79 Å². The standard InChI is InChI=1S/C25H31N3O3Si/c1-24(2,3)30-18-19-14-16-25(31-19,28-17-15-22(26)27-23(28)29)32(20-10-6-4-7-11-20)21-12-8-5-9-13-21/h4-13,15,17,19,32H,14,16,18H2,1-3H3,(H2,26,27,29)/t19-,25?/m1/s1. The number of rotatable bonds is 6. The average molecular weight is 450 g/mol. The third kappa shape index (κ3) is 4.70. The topological polar surface area (TPSA) is 79.4 Å². The van der Waals surface area contributed by atoms with E-state index in [2.05, 4.69) is 29.2 Å². The molecule has 2 atom stereocenters. The van der Waals surface area contributed by atoms with Crippen LogP contribution in [0.4, 0.5) is 5.82 Å². The van der Waals surface area contributed by atoms with Gasteiger partial charge < -0.3 is 15.2 Å². The van der Waals surface area contributed by atoms with E-state index in [1.54, 1.807) is 16.8 Å². The van der Waals surface area contributed by atoms with Crippen LogP contribution in [0.5, 0.6) is 0 Å². The number of nitrogens with two attached hydrogens (primary N) is 1. The summed E-state index contributed by atoms with van der Waals surface area (Å²) in [5.74, 6) is 0.213. The van der Waals surface area contributed by atoms with Crippen LogP contribution >= 0.6 is 0 Å². The van der Waals surface area contributed by atoms with Crippen LogP contribution in [0.25, 0.3) is 0 Å². The molecule has 0 saturated carbocycles. The fourth-order valence-electron chi connectivity index (χ4n) is 4.47. The molecule has 0 bridgehead atoms. The summed E-state index contributed by atoms with van der Waals surface area (Å²) < 4.78 is 14.6. The van der Waals surface area contributed by atoms with E-state index in [-0.39, 0.29) is 23.2 Å². The number of anilines is 1. The number of nitrogen functional groups attached to an aromatic ring is 1. The van der Waals surface area contributed by atoms with Crippen molar-refractivity contribution in [1.29, 1.82) is 0 Å². The molecular formula is C25H31N3O3Si. The highest BCUT2D eigenvalue weighted by molar-refractivity contribution is 6.86. The predicted octanol–water partition coefficient (Wildman–Crippen LogP) is 2.05. The summed E-state index contributed by atoms with van der Waals surface area (Å²) in [4.78, 5) is 17.1. The zero-order valence-electron chi connectivity index (χ0n) is 18.9. The number of hydrogen-bond donors (Lipinski definition) is 1. The van der Waals surface area contributed by atoms with E-state index < -0.39 is 14.1 Å². The molecular weight excluding hydrogens is 418 g/mol. The Morgan fingerprint density at radius 1 is 1.09 bits per heavy atom. The zero-order valence-corrected chi connectivity index (χ0v) is 20.1. The van der Waals surface area contributed by atoms with Gasteiger partial charge in [0.2, 0.25) is 0 Å². The van der Waals surface area contributed by atoms with Gasteiger partial charge in [-0.15, -0.1) is 0 Å². The van der Waals surface area contributed by atoms with Gasteiger partial charge in [0.25, 0.3) is 0 Å². The van der Waals surface area contributed by atoms with Crippen molar-refractivity contribution in [2.24, 2.45) is 0 Å². The molecule has 1 aliphatic rings. The lowest BCUT2D eigenvalue weighted by Gasteiger charge is -2.38. The van der Waals surface area contributed by atoms with Crippen molar-refractivity contribution in [3.63, 3.8) is 0 Å². The summed E-state index contributed by atoms with van der Waals surface area (Å²) >= 11 is 0. The molecule has 168 valence electrons. The first kappa shape index (κ1) is 22.5. The Kier molecular flexibility index (Phi) is 6.32. The number of aromatic nitrogens is 2. The van der Waals surface area contributed by atoms with Crippen molar-refractivity contribution >= 4 is 25.0 Å². The highest BCUT2D eigenvalue weighted by atomic mass is 28.3. The van der Waals surface area contributed by atoms with Crippen molar-refractivity contribution in [2.45, 2.75) is 50.7 Å². The van der Waals surface area contributed by atoms with Crippen molar-refractivity contribution in [3.8, 4) is 0 Å². The molecule has 1 unspecified atom stereocenters. The lowest BCUT2D eigenvalue weighted by molar-refractivity contribution is -0.101. The van der Waals surface area contributed by atoms with Crippen LogP contribution in [0, 0.1) is 0 Å². The second-order valence-electron chi connectivity index (χ2n) is 9.31. The second kappa shape index (κ2) is 9.01. The monoisotopic (exact) mass is 449 g/mol. The van der Waals surface area contributed by atoms with Gasteiger partial charge >= 0.3 is 5.69 Å². The lowest BCUT2D eigenvalue weighted by Crippen LogP contribution is -2.63. The maximum absolute atomic E-state index is 13.1. The number of ether oxygens (including phenoxy) is 2. The fraction of sp³-hybridized carbons (Fsp3) is 0.360. The molecule has 1 saturated heterocycles. The fourth-order valence-corrected chi connectivity index (χ4v) is 8.37. The van der Waals surface area contributed by atoms with Gasteiger partial charge in [-0.3, -0.25) is 4.57 Å². The Hall–Kier alpha value is -2.74. The summed E-state index contributed by atoms with van der Waals surface area (Å²) in [6, 6.07) is 22.5. The van der Waals surface area contributed by atoms with Gasteiger partial charge in [-0.05, 0) is 39.7 Å². The zero-order chi connectivity index (χ0) is 22.8. The molecule has 0 amide bonds. The van der Waals surface area contributed by atoms with Crippen molar-refractivity contribution < 1.29 is 9.47 Å². The van der Waals surface area contributed by atoms with Gasteiger partial charge in [0.15, 0.2) is 8.80 Å². The number of benzene rings is 2. The van der Waals surface area contributed by atoms with Gasteiger partial charge in [-0.1, -0.05) is 71.0 Å². The van der Waals surface area contributed by atoms with Gasteiger partial charge in [0.1, 0.15) is 11.2 Å². The summed E-state index contributed by atoms with van der Waals surface area (Å²) in [7, 11) is -2.11. The van der Waals surface area contributed by atoms with Crippen LogP contribution in [0.1, 0.15) is 33.6 Å². The number of nitrogens with zero attached hydrogens (tertiary/aromatic N) is 2. The molecule has 1 fully saturated rings. The summed E-state index contributed by atoms with van der Waals surface area (Å²) in [6.07, 6.45) is 3.14. The molecule has 32 heavy (non-hydrogen) atoms. The first-order valence-corrected chi connectivity index (χ1v) is 12.8. The Morgan fingerprint density at radius 3 is 2.22 bits per heavy atom. The normalized spacial score (nSPS) is 21.2. The number of hydrogen-bond acceptors (Lipinski definition) is 5. The largest absolute Gasteiger partial charge is 0.383 e. The molecule has 2 heterocycles. The smallest absolute Gasteiger partial charge is 0.351 e. The molecule has 4 rings (SSSR count). The lowest BCUT2D eigenvalue weighted by atomic mass is 10.2. The highest BCUT2D eigenvalue weighted by Gasteiger charge is 2.51. The van der Waals surface area contributed by atoms with E-state index in [1.165, 1.54) is 10.4 Å². The average Bonchev–Trinajstić information content (AvgIpc) is 3.18. The van der Waals surface area contributed by atoms with E-state index in [9.17, 15) is 4.79 Å². The van der Waals surface area contributed by atoms with Crippen molar-refractivity contribution in [3.05, 3.63) is 83.4 Å². The molecule has 3 aromatic rings. The van der Waals surface area contributed by atoms with Crippen LogP contribution < -0.4 is 21.8 Å². The Bertz CT molecular complexity index is 1060. The van der Waals surface area contributed by atoms with Gasteiger partial charge in [0, 0.05) is 6.20 Å².